The van der Waals surface area contributed by atoms with Crippen molar-refractivity contribution in [1.82, 2.24) is 9.80 Å². The van der Waals surface area contributed by atoms with Gasteiger partial charge in [-0.05, 0) is 48.2 Å². The molecule has 1 N–H and O–H groups in total. The third kappa shape index (κ3) is 4.17. The van der Waals surface area contributed by atoms with Gasteiger partial charge in [-0.15, -0.1) is 0 Å². The highest BCUT2D eigenvalue weighted by Gasteiger charge is 2.38. The van der Waals surface area contributed by atoms with Gasteiger partial charge in [-0.1, -0.05) is 38.1 Å². The summed E-state index contributed by atoms with van der Waals surface area (Å²) < 4.78 is 27.0. The summed E-state index contributed by atoms with van der Waals surface area (Å²) in [5.41, 5.74) is 1.81. The Morgan fingerprint density at radius 1 is 0.929 bits per heavy atom. The van der Waals surface area contributed by atoms with Crippen molar-refractivity contribution in [2.45, 2.75) is 44.8 Å². The molecule has 150 valence electrons. The minimum atomic E-state index is -0.898. The van der Waals surface area contributed by atoms with Crippen LogP contribution in [0.15, 0.2) is 48.5 Å². The Bertz CT molecular complexity index is 750. The van der Waals surface area contributed by atoms with Crippen LogP contribution in [-0.4, -0.2) is 46.2 Å². The van der Waals surface area contributed by atoms with E-state index in [0.717, 1.165) is 17.5 Å². The molecule has 1 aliphatic heterocycles. The van der Waals surface area contributed by atoms with Gasteiger partial charge in [0.25, 0.3) is 0 Å². The minimum absolute atomic E-state index is 0.0130. The fraction of sp³-hybridized carbons (Fsp3) is 0.409. The van der Waals surface area contributed by atoms with Crippen LogP contribution >= 0.6 is 0 Å². The first-order valence-corrected chi connectivity index (χ1v) is 9.70. The number of carboxylic acid groups (broad SMARTS) is 1. The summed E-state index contributed by atoms with van der Waals surface area (Å²) in [6, 6.07) is 12.4. The summed E-state index contributed by atoms with van der Waals surface area (Å²) in [4.78, 5) is 15.5. The molecule has 2 atom stereocenters. The molecule has 1 fully saturated rings. The first kappa shape index (κ1) is 20.3. The van der Waals surface area contributed by atoms with E-state index in [4.69, 9.17) is 0 Å². The van der Waals surface area contributed by atoms with Gasteiger partial charge in [-0.25, -0.2) is 13.6 Å². The lowest BCUT2D eigenvalue weighted by Crippen LogP contribution is -2.60. The highest BCUT2D eigenvalue weighted by Crippen LogP contribution is 2.35. The molecule has 2 aromatic rings. The number of nitrogens with zero attached hydrogens (tertiary/aromatic N) is 2. The van der Waals surface area contributed by atoms with Crippen LogP contribution in [0.2, 0.25) is 0 Å². The van der Waals surface area contributed by atoms with Crippen molar-refractivity contribution in [3.8, 4) is 0 Å². The van der Waals surface area contributed by atoms with Crippen LogP contribution in [0.25, 0.3) is 0 Å². The van der Waals surface area contributed by atoms with Crippen molar-refractivity contribution in [2.75, 3.05) is 13.1 Å². The zero-order valence-electron chi connectivity index (χ0n) is 16.2. The lowest BCUT2D eigenvalue weighted by Gasteiger charge is -2.48. The van der Waals surface area contributed by atoms with E-state index in [9.17, 15) is 18.7 Å². The Hall–Kier alpha value is -2.47. The Morgan fingerprint density at radius 3 is 1.79 bits per heavy atom. The Kier molecular flexibility index (Phi) is 6.29. The molecule has 1 amide bonds. The van der Waals surface area contributed by atoms with E-state index in [2.05, 4.69) is 4.90 Å². The molecule has 28 heavy (non-hydrogen) atoms. The van der Waals surface area contributed by atoms with Crippen LogP contribution in [0.1, 0.15) is 43.9 Å². The number of benzene rings is 2. The van der Waals surface area contributed by atoms with Crippen molar-refractivity contribution in [3.05, 3.63) is 71.3 Å². The van der Waals surface area contributed by atoms with Crippen LogP contribution in [-0.2, 0) is 0 Å². The maximum atomic E-state index is 13.5. The molecule has 2 aromatic carbocycles. The summed E-state index contributed by atoms with van der Waals surface area (Å²) in [5, 5.41) is 9.60. The maximum absolute atomic E-state index is 13.5. The summed E-state index contributed by atoms with van der Waals surface area (Å²) in [6.45, 7) is 5.01. The van der Waals surface area contributed by atoms with Gasteiger partial charge >= 0.3 is 6.09 Å². The van der Waals surface area contributed by atoms with Crippen LogP contribution in [0.5, 0.6) is 0 Å². The molecule has 0 spiro atoms. The van der Waals surface area contributed by atoms with Crippen molar-refractivity contribution in [2.24, 2.45) is 0 Å². The first-order valence-electron chi connectivity index (χ1n) is 9.70. The third-order valence-corrected chi connectivity index (χ3v) is 5.63. The van der Waals surface area contributed by atoms with E-state index in [1.807, 2.05) is 13.8 Å². The van der Waals surface area contributed by atoms with E-state index in [0.29, 0.717) is 19.5 Å². The number of carbonyl (C=O) groups is 1. The van der Waals surface area contributed by atoms with Gasteiger partial charge < -0.3 is 10.0 Å². The maximum Gasteiger partial charge on any atom is 0.407 e. The lowest BCUT2D eigenvalue weighted by atomic mass is 9.92. The number of amides is 1. The van der Waals surface area contributed by atoms with Gasteiger partial charge in [0.2, 0.25) is 0 Å². The molecule has 1 saturated heterocycles. The smallest absolute Gasteiger partial charge is 0.407 e. The van der Waals surface area contributed by atoms with Gasteiger partial charge in [0.1, 0.15) is 11.6 Å². The van der Waals surface area contributed by atoms with Gasteiger partial charge in [0.15, 0.2) is 0 Å². The molecule has 3 rings (SSSR count). The number of piperazine rings is 1. The molecule has 0 saturated carbocycles. The molecule has 0 aromatic heterocycles. The monoisotopic (exact) mass is 388 g/mol. The average Bonchev–Trinajstić information content (AvgIpc) is 2.70. The molecule has 6 heteroatoms. The lowest BCUT2D eigenvalue weighted by molar-refractivity contribution is 0.0131. The largest absolute Gasteiger partial charge is 0.465 e. The van der Waals surface area contributed by atoms with E-state index in [1.54, 1.807) is 24.3 Å². The zero-order chi connectivity index (χ0) is 20.3. The van der Waals surface area contributed by atoms with E-state index in [-0.39, 0.29) is 29.8 Å². The van der Waals surface area contributed by atoms with Crippen molar-refractivity contribution in [1.29, 1.82) is 0 Å². The molecule has 0 unspecified atom stereocenters. The van der Waals surface area contributed by atoms with Gasteiger partial charge in [0.05, 0.1) is 6.04 Å². The molecule has 1 heterocycles. The average molecular weight is 388 g/mol. The zero-order valence-corrected chi connectivity index (χ0v) is 16.2. The Labute approximate surface area is 164 Å². The molecule has 4 nitrogen and oxygen atoms in total. The van der Waals surface area contributed by atoms with Gasteiger partial charge in [0, 0.05) is 25.2 Å². The summed E-state index contributed by atoms with van der Waals surface area (Å²) in [5.74, 6) is -0.619. The Balaban J connectivity index is 2.04. The minimum Gasteiger partial charge on any atom is -0.465 e. The molecule has 1 aliphatic rings. The SMILES string of the molecule is CC[C@H]1CN(C(c2ccc(F)cc2)c2ccc(F)cc2)[C@H](CC)CN1C(=O)O. The molecule has 0 radical (unpaired) electrons. The van der Waals surface area contributed by atoms with Gasteiger partial charge in [-0.3, -0.25) is 4.90 Å². The molecule has 0 aliphatic carbocycles. The van der Waals surface area contributed by atoms with E-state index < -0.39 is 6.09 Å². The van der Waals surface area contributed by atoms with Crippen LogP contribution < -0.4 is 0 Å². The summed E-state index contributed by atoms with van der Waals surface area (Å²) in [6.07, 6.45) is 0.586. The second-order valence-electron chi connectivity index (χ2n) is 7.26. The number of halogens is 2. The fourth-order valence-corrected chi connectivity index (χ4v) is 4.10. The predicted octanol–water partition coefficient (Wildman–Crippen LogP) is 4.91. The highest BCUT2D eigenvalue weighted by molar-refractivity contribution is 5.65. The predicted molar refractivity (Wildman–Crippen MR) is 104 cm³/mol. The fourth-order valence-electron chi connectivity index (χ4n) is 4.10. The highest BCUT2D eigenvalue weighted by atomic mass is 19.1. The molecular formula is C22H26F2N2O2. The topological polar surface area (TPSA) is 43.8 Å². The number of hydrogen-bond acceptors (Lipinski definition) is 2. The normalized spacial score (nSPS) is 20.5. The van der Waals surface area contributed by atoms with Crippen molar-refractivity contribution in [3.63, 3.8) is 0 Å². The summed E-state index contributed by atoms with van der Waals surface area (Å²) >= 11 is 0. The van der Waals surface area contributed by atoms with Crippen LogP contribution in [0.4, 0.5) is 13.6 Å². The van der Waals surface area contributed by atoms with Crippen LogP contribution in [0.3, 0.4) is 0 Å². The van der Waals surface area contributed by atoms with Crippen molar-refractivity contribution < 1.29 is 18.7 Å². The van der Waals surface area contributed by atoms with E-state index >= 15 is 0 Å². The Morgan fingerprint density at radius 2 is 1.39 bits per heavy atom. The second-order valence-corrected chi connectivity index (χ2v) is 7.26. The summed E-state index contributed by atoms with van der Waals surface area (Å²) in [7, 11) is 0. The standard InChI is InChI=1S/C22H26F2N2O2/c1-3-19-14-26(22(27)28)20(4-2)13-25(19)21(15-5-9-17(23)10-6-15)16-7-11-18(24)12-8-16/h5-12,19-21H,3-4,13-14H2,1-2H3,(H,27,28)/t19-,20+/m1/s1. The van der Waals surface area contributed by atoms with Crippen molar-refractivity contribution >= 4 is 6.09 Å². The van der Waals surface area contributed by atoms with E-state index in [1.165, 1.54) is 29.2 Å². The third-order valence-electron chi connectivity index (χ3n) is 5.63. The first-order chi connectivity index (χ1) is 13.4. The number of rotatable bonds is 5. The molecule has 0 bridgehead atoms. The quantitative estimate of drug-likeness (QED) is 0.792. The van der Waals surface area contributed by atoms with Crippen LogP contribution in [0, 0.1) is 11.6 Å². The second kappa shape index (κ2) is 8.69. The molecular weight excluding hydrogens is 362 g/mol. The van der Waals surface area contributed by atoms with Gasteiger partial charge in [-0.2, -0.15) is 0 Å². The number of hydrogen-bond donors (Lipinski definition) is 1.